The molecule has 2 aromatic carbocycles. The van der Waals surface area contributed by atoms with Gasteiger partial charge in [-0.2, -0.15) is 0 Å². The van der Waals surface area contributed by atoms with Gasteiger partial charge < -0.3 is 5.11 Å². The minimum atomic E-state index is -1.52. The van der Waals surface area contributed by atoms with Gasteiger partial charge in [0.15, 0.2) is 5.84 Å². The Morgan fingerprint density at radius 3 is 2.10 bits per heavy atom. The first-order valence-electron chi connectivity index (χ1n) is 6.90. The molecular weight excluding hydrogens is 264 g/mol. The molecule has 21 heavy (non-hydrogen) atoms. The van der Waals surface area contributed by atoms with E-state index in [9.17, 15) is 5.11 Å². The van der Waals surface area contributed by atoms with Crippen LogP contribution in [0.25, 0.3) is 0 Å². The lowest BCUT2D eigenvalue weighted by atomic mass is 9.87. The molecular formula is C17H18N2O2. The van der Waals surface area contributed by atoms with Gasteiger partial charge >= 0.3 is 0 Å². The normalized spacial score (nSPS) is 24.0. The zero-order chi connectivity index (χ0) is 14.9. The highest BCUT2D eigenvalue weighted by molar-refractivity contribution is 5.98. The van der Waals surface area contributed by atoms with E-state index in [1.807, 2.05) is 74.5 Å². The zero-order valence-corrected chi connectivity index (χ0v) is 12.1. The molecule has 1 aliphatic heterocycles. The third-order valence-electron chi connectivity index (χ3n) is 3.73. The van der Waals surface area contributed by atoms with Crippen molar-refractivity contribution in [3.05, 3.63) is 71.8 Å². The van der Waals surface area contributed by atoms with E-state index >= 15 is 0 Å². The molecule has 0 aliphatic carbocycles. The second-order valence-electron chi connectivity index (χ2n) is 5.60. The second kappa shape index (κ2) is 4.98. The van der Waals surface area contributed by atoms with Crippen LogP contribution in [0.3, 0.4) is 0 Å². The molecule has 108 valence electrons. The summed E-state index contributed by atoms with van der Waals surface area (Å²) < 4.78 is 0. The Kier molecular flexibility index (Phi) is 3.27. The first kappa shape index (κ1) is 13.8. The van der Waals surface area contributed by atoms with Crippen LogP contribution in [-0.4, -0.2) is 16.5 Å². The molecule has 0 bridgehead atoms. The molecule has 1 aliphatic rings. The lowest BCUT2D eigenvalue weighted by Gasteiger charge is -2.43. The molecule has 0 amide bonds. The fourth-order valence-electron chi connectivity index (χ4n) is 2.42. The number of amidine groups is 1. The highest BCUT2D eigenvalue weighted by atomic mass is 16.7. The molecule has 0 unspecified atom stereocenters. The molecule has 4 heteroatoms. The van der Waals surface area contributed by atoms with Crippen molar-refractivity contribution in [3.8, 4) is 0 Å². The molecule has 3 rings (SSSR count). The van der Waals surface area contributed by atoms with Crippen LogP contribution in [0, 0.1) is 0 Å². The Morgan fingerprint density at radius 2 is 1.52 bits per heavy atom. The SMILES string of the molecule is CC1(C)N=C(c2ccccc2)NO[C@@]1(O)c1ccccc1. The number of hydrogen-bond acceptors (Lipinski definition) is 4. The zero-order valence-electron chi connectivity index (χ0n) is 12.1. The van der Waals surface area contributed by atoms with E-state index < -0.39 is 11.3 Å². The summed E-state index contributed by atoms with van der Waals surface area (Å²) in [6.45, 7) is 3.70. The maximum Gasteiger partial charge on any atom is 0.242 e. The molecule has 0 saturated carbocycles. The van der Waals surface area contributed by atoms with Gasteiger partial charge in [0.05, 0.1) is 0 Å². The lowest BCUT2D eigenvalue weighted by molar-refractivity contribution is -0.275. The van der Waals surface area contributed by atoms with E-state index in [4.69, 9.17) is 4.84 Å². The van der Waals surface area contributed by atoms with Gasteiger partial charge in [-0.25, -0.2) is 10.3 Å². The smallest absolute Gasteiger partial charge is 0.242 e. The van der Waals surface area contributed by atoms with E-state index in [0.29, 0.717) is 11.4 Å². The standard InChI is InChI=1S/C17H18N2O2/c1-16(2)17(20,14-11-7-4-8-12-14)21-19-15(18-16)13-9-5-3-6-10-13/h3-12,20H,1-2H3,(H,18,19)/t17-/m0/s1. The van der Waals surface area contributed by atoms with Crippen LogP contribution in [0.5, 0.6) is 0 Å². The summed E-state index contributed by atoms with van der Waals surface area (Å²) in [7, 11) is 0. The topological polar surface area (TPSA) is 53.9 Å². The number of hydrogen-bond donors (Lipinski definition) is 2. The van der Waals surface area contributed by atoms with Crippen molar-refractivity contribution in [2.24, 2.45) is 4.99 Å². The number of aliphatic imine (C=N–C) groups is 1. The van der Waals surface area contributed by atoms with Crippen LogP contribution in [0.2, 0.25) is 0 Å². The number of aliphatic hydroxyl groups is 1. The molecule has 1 atom stereocenters. The van der Waals surface area contributed by atoms with Gasteiger partial charge in [0, 0.05) is 11.1 Å². The van der Waals surface area contributed by atoms with Crippen molar-refractivity contribution in [1.82, 2.24) is 5.48 Å². The highest BCUT2D eigenvalue weighted by Gasteiger charge is 2.50. The second-order valence-corrected chi connectivity index (χ2v) is 5.60. The molecule has 2 aromatic rings. The maximum absolute atomic E-state index is 10.9. The van der Waals surface area contributed by atoms with Crippen LogP contribution in [0.1, 0.15) is 25.0 Å². The van der Waals surface area contributed by atoms with E-state index in [1.54, 1.807) is 0 Å². The predicted octanol–water partition coefficient (Wildman–Crippen LogP) is 2.59. The Bertz CT molecular complexity index is 653. The summed E-state index contributed by atoms with van der Waals surface area (Å²) >= 11 is 0. The average molecular weight is 282 g/mol. The van der Waals surface area contributed by atoms with Crippen LogP contribution in [0.4, 0.5) is 0 Å². The fraction of sp³-hybridized carbons (Fsp3) is 0.235. The van der Waals surface area contributed by atoms with Crippen molar-refractivity contribution in [2.45, 2.75) is 25.2 Å². The maximum atomic E-state index is 10.9. The molecule has 0 fully saturated rings. The summed E-state index contributed by atoms with van der Waals surface area (Å²) in [5.74, 6) is -0.909. The van der Waals surface area contributed by atoms with Crippen molar-refractivity contribution >= 4 is 5.84 Å². The fourth-order valence-corrected chi connectivity index (χ4v) is 2.42. The van der Waals surface area contributed by atoms with Crippen LogP contribution >= 0.6 is 0 Å². The molecule has 1 heterocycles. The van der Waals surface area contributed by atoms with Crippen molar-refractivity contribution < 1.29 is 9.94 Å². The van der Waals surface area contributed by atoms with Crippen LogP contribution in [0.15, 0.2) is 65.7 Å². The summed E-state index contributed by atoms with van der Waals surface area (Å²) in [4.78, 5) is 10.3. The Labute approximate surface area is 124 Å². The average Bonchev–Trinajstić information content (AvgIpc) is 2.52. The lowest BCUT2D eigenvalue weighted by Crippen LogP contribution is -2.56. The summed E-state index contributed by atoms with van der Waals surface area (Å²) in [5.41, 5.74) is 3.53. The van der Waals surface area contributed by atoms with Crippen molar-refractivity contribution in [1.29, 1.82) is 0 Å². The van der Waals surface area contributed by atoms with Gasteiger partial charge in [-0.1, -0.05) is 60.7 Å². The number of benzene rings is 2. The van der Waals surface area contributed by atoms with Crippen molar-refractivity contribution in [3.63, 3.8) is 0 Å². The largest absolute Gasteiger partial charge is 0.358 e. The van der Waals surface area contributed by atoms with Crippen LogP contribution in [-0.2, 0) is 10.6 Å². The quantitative estimate of drug-likeness (QED) is 0.890. The van der Waals surface area contributed by atoms with E-state index in [-0.39, 0.29) is 0 Å². The van der Waals surface area contributed by atoms with Gasteiger partial charge in [-0.05, 0) is 13.8 Å². The number of nitrogens with zero attached hydrogens (tertiary/aromatic N) is 1. The predicted molar refractivity (Wildman–Crippen MR) is 81.6 cm³/mol. The Balaban J connectivity index is 2.01. The van der Waals surface area contributed by atoms with Crippen molar-refractivity contribution in [2.75, 3.05) is 0 Å². The highest BCUT2D eigenvalue weighted by Crippen LogP contribution is 2.38. The summed E-state index contributed by atoms with van der Waals surface area (Å²) in [6.07, 6.45) is 0. The molecule has 0 spiro atoms. The molecule has 0 radical (unpaired) electrons. The van der Waals surface area contributed by atoms with E-state index in [0.717, 1.165) is 5.56 Å². The summed E-state index contributed by atoms with van der Waals surface area (Å²) in [5, 5.41) is 10.9. The van der Waals surface area contributed by atoms with E-state index in [1.165, 1.54) is 0 Å². The molecule has 0 aromatic heterocycles. The van der Waals surface area contributed by atoms with Crippen LogP contribution < -0.4 is 5.48 Å². The van der Waals surface area contributed by atoms with Gasteiger partial charge in [0.2, 0.25) is 5.79 Å². The number of hydroxylamine groups is 1. The third kappa shape index (κ3) is 2.33. The third-order valence-corrected chi connectivity index (χ3v) is 3.73. The first-order valence-corrected chi connectivity index (χ1v) is 6.90. The number of rotatable bonds is 2. The van der Waals surface area contributed by atoms with Gasteiger partial charge in [-0.3, -0.25) is 4.99 Å². The minimum absolute atomic E-state index is 0.612. The van der Waals surface area contributed by atoms with Gasteiger partial charge in [0.25, 0.3) is 0 Å². The molecule has 4 nitrogen and oxygen atoms in total. The molecule has 2 N–H and O–H groups in total. The minimum Gasteiger partial charge on any atom is -0.358 e. The first-order chi connectivity index (χ1) is 10.0. The summed E-state index contributed by atoms with van der Waals surface area (Å²) in [6, 6.07) is 19.0. The molecule has 0 saturated heterocycles. The van der Waals surface area contributed by atoms with Gasteiger partial charge in [0.1, 0.15) is 5.54 Å². The van der Waals surface area contributed by atoms with E-state index in [2.05, 4.69) is 10.5 Å². The Morgan fingerprint density at radius 1 is 0.952 bits per heavy atom. The monoisotopic (exact) mass is 282 g/mol. The number of nitrogens with one attached hydrogen (secondary N) is 1. The van der Waals surface area contributed by atoms with Gasteiger partial charge in [-0.15, -0.1) is 0 Å². The Hall–Kier alpha value is -2.17.